The smallest absolute Gasteiger partial charge is 0.348 e. The summed E-state index contributed by atoms with van der Waals surface area (Å²) in [5, 5.41) is 11.6. The van der Waals surface area contributed by atoms with E-state index in [1.165, 1.54) is 13.2 Å². The second-order valence-electron chi connectivity index (χ2n) is 3.99. The lowest BCUT2D eigenvalue weighted by atomic mass is 10.2. The predicted octanol–water partition coefficient (Wildman–Crippen LogP) is 4.27. The van der Waals surface area contributed by atoms with E-state index in [0.29, 0.717) is 9.90 Å². The summed E-state index contributed by atoms with van der Waals surface area (Å²) < 4.78 is 4.57. The highest BCUT2D eigenvalue weighted by Gasteiger charge is 2.21. The SMILES string of the molecule is COC(=O)c1cc([N+](=O)[O-])c(/C=C/c2ccc(Cl)cc2)s1. The van der Waals surface area contributed by atoms with Crippen LogP contribution in [0.3, 0.4) is 0 Å². The second kappa shape index (κ2) is 6.51. The zero-order valence-electron chi connectivity index (χ0n) is 10.9. The Hall–Kier alpha value is -2.18. The van der Waals surface area contributed by atoms with E-state index in [2.05, 4.69) is 4.74 Å². The third-order valence-electron chi connectivity index (χ3n) is 2.62. The number of nitrogens with zero attached hydrogens (tertiary/aromatic N) is 1. The van der Waals surface area contributed by atoms with E-state index in [9.17, 15) is 14.9 Å². The summed E-state index contributed by atoms with van der Waals surface area (Å²) in [6.07, 6.45) is 3.31. The molecule has 108 valence electrons. The van der Waals surface area contributed by atoms with Gasteiger partial charge >= 0.3 is 5.97 Å². The lowest BCUT2D eigenvalue weighted by Crippen LogP contribution is -1.97. The van der Waals surface area contributed by atoms with Gasteiger partial charge in [0, 0.05) is 11.1 Å². The number of ether oxygens (including phenoxy) is 1. The number of carbonyl (C=O) groups is 1. The molecule has 0 aliphatic carbocycles. The number of esters is 1. The molecule has 7 heteroatoms. The molecule has 1 heterocycles. The number of halogens is 1. The summed E-state index contributed by atoms with van der Waals surface area (Å²) in [5.41, 5.74) is 0.729. The monoisotopic (exact) mass is 323 g/mol. The largest absolute Gasteiger partial charge is 0.465 e. The van der Waals surface area contributed by atoms with Crippen molar-refractivity contribution in [2.45, 2.75) is 0 Å². The van der Waals surface area contributed by atoms with E-state index >= 15 is 0 Å². The Morgan fingerprint density at radius 1 is 1.33 bits per heavy atom. The molecule has 0 radical (unpaired) electrons. The molecule has 1 aromatic carbocycles. The van der Waals surface area contributed by atoms with E-state index in [4.69, 9.17) is 11.6 Å². The summed E-state index contributed by atoms with van der Waals surface area (Å²) in [6, 6.07) is 8.25. The molecule has 0 amide bonds. The maximum absolute atomic E-state index is 11.4. The second-order valence-corrected chi connectivity index (χ2v) is 5.51. The third kappa shape index (κ3) is 3.68. The number of thiophene rings is 1. The standard InChI is InChI=1S/C14H10ClNO4S/c1-20-14(17)13-8-11(16(18)19)12(21-13)7-4-9-2-5-10(15)6-3-9/h2-8H,1H3/b7-4+. The highest BCUT2D eigenvalue weighted by Crippen LogP contribution is 2.31. The van der Waals surface area contributed by atoms with Crippen molar-refractivity contribution in [3.8, 4) is 0 Å². The number of rotatable bonds is 4. The van der Waals surface area contributed by atoms with Crippen molar-refractivity contribution >= 4 is 46.7 Å². The molecule has 0 bridgehead atoms. The lowest BCUT2D eigenvalue weighted by Gasteiger charge is -1.93. The van der Waals surface area contributed by atoms with Gasteiger partial charge in [0.1, 0.15) is 9.75 Å². The van der Waals surface area contributed by atoms with Gasteiger partial charge in [-0.2, -0.15) is 0 Å². The minimum atomic E-state index is -0.589. The van der Waals surface area contributed by atoms with Crippen LogP contribution in [0.1, 0.15) is 20.1 Å². The fourth-order valence-electron chi connectivity index (χ4n) is 1.60. The molecule has 1 aromatic heterocycles. The summed E-state index contributed by atoms with van der Waals surface area (Å²) >= 11 is 6.80. The Morgan fingerprint density at radius 3 is 2.57 bits per heavy atom. The number of carbonyl (C=O) groups excluding carboxylic acids is 1. The van der Waals surface area contributed by atoms with Crippen LogP contribution in [0, 0.1) is 10.1 Å². The third-order valence-corrected chi connectivity index (χ3v) is 3.94. The van der Waals surface area contributed by atoms with Crippen LogP contribution in [0.15, 0.2) is 30.3 Å². The van der Waals surface area contributed by atoms with Crippen LogP contribution in [0.25, 0.3) is 12.2 Å². The molecule has 0 spiro atoms. The Labute approximate surface area is 129 Å². The Kier molecular flexibility index (Phi) is 4.72. The van der Waals surface area contributed by atoms with Gasteiger partial charge in [-0.25, -0.2) is 4.79 Å². The Balaban J connectivity index is 2.33. The van der Waals surface area contributed by atoms with Crippen LogP contribution in [-0.2, 0) is 4.74 Å². The van der Waals surface area contributed by atoms with Gasteiger partial charge < -0.3 is 4.74 Å². The lowest BCUT2D eigenvalue weighted by molar-refractivity contribution is -0.384. The van der Waals surface area contributed by atoms with Crippen LogP contribution < -0.4 is 0 Å². The molecule has 2 aromatic rings. The molecule has 2 rings (SSSR count). The Morgan fingerprint density at radius 2 is 2.00 bits per heavy atom. The number of benzene rings is 1. The molecule has 0 fully saturated rings. The van der Waals surface area contributed by atoms with Crippen LogP contribution in [0.5, 0.6) is 0 Å². The van der Waals surface area contributed by atoms with Crippen molar-refractivity contribution in [1.29, 1.82) is 0 Å². The molecule has 0 aliphatic rings. The summed E-state index contributed by atoms with van der Waals surface area (Å²) in [5.74, 6) is -0.589. The minimum Gasteiger partial charge on any atom is -0.465 e. The maximum Gasteiger partial charge on any atom is 0.348 e. The van der Waals surface area contributed by atoms with Crippen LogP contribution >= 0.6 is 22.9 Å². The van der Waals surface area contributed by atoms with E-state index in [0.717, 1.165) is 16.9 Å². The summed E-state index contributed by atoms with van der Waals surface area (Å²) in [6.45, 7) is 0. The molecule has 0 saturated carbocycles. The van der Waals surface area contributed by atoms with Crippen LogP contribution in [-0.4, -0.2) is 18.0 Å². The first kappa shape index (κ1) is 15.2. The molecule has 0 saturated heterocycles. The molecule has 0 atom stereocenters. The number of hydrogen-bond acceptors (Lipinski definition) is 5. The first-order chi connectivity index (χ1) is 10.0. The minimum absolute atomic E-state index is 0.120. The van der Waals surface area contributed by atoms with Gasteiger partial charge in [0.2, 0.25) is 0 Å². The van der Waals surface area contributed by atoms with Crippen molar-refractivity contribution in [3.63, 3.8) is 0 Å². The van der Waals surface area contributed by atoms with Crippen molar-refractivity contribution in [3.05, 3.63) is 60.8 Å². The van der Waals surface area contributed by atoms with Crippen molar-refractivity contribution in [2.24, 2.45) is 0 Å². The van der Waals surface area contributed by atoms with E-state index in [1.807, 2.05) is 0 Å². The maximum atomic E-state index is 11.4. The van der Waals surface area contributed by atoms with Crippen molar-refractivity contribution in [2.75, 3.05) is 7.11 Å². The first-order valence-corrected chi connectivity index (χ1v) is 7.01. The molecule has 21 heavy (non-hydrogen) atoms. The molecule has 0 aliphatic heterocycles. The summed E-state index contributed by atoms with van der Waals surface area (Å²) in [4.78, 5) is 22.5. The van der Waals surface area contributed by atoms with Gasteiger partial charge in [-0.1, -0.05) is 29.8 Å². The number of hydrogen-bond donors (Lipinski definition) is 0. The normalized spacial score (nSPS) is 10.8. The molecular formula is C14H10ClNO4S. The zero-order chi connectivity index (χ0) is 15.4. The van der Waals surface area contributed by atoms with Crippen LogP contribution in [0.2, 0.25) is 5.02 Å². The molecule has 0 N–H and O–H groups in total. The van der Waals surface area contributed by atoms with Crippen LogP contribution in [0.4, 0.5) is 5.69 Å². The van der Waals surface area contributed by atoms with Gasteiger partial charge in [0.05, 0.1) is 12.0 Å². The summed E-state index contributed by atoms with van der Waals surface area (Å²) in [7, 11) is 1.23. The van der Waals surface area contributed by atoms with Gasteiger partial charge in [-0.3, -0.25) is 10.1 Å². The van der Waals surface area contributed by atoms with Crippen molar-refractivity contribution in [1.82, 2.24) is 0 Å². The fourth-order valence-corrected chi connectivity index (χ4v) is 2.68. The van der Waals surface area contributed by atoms with Gasteiger partial charge in [-0.05, 0) is 23.8 Å². The average Bonchev–Trinajstić information content (AvgIpc) is 2.90. The number of methoxy groups -OCH3 is 1. The predicted molar refractivity (Wildman–Crippen MR) is 82.7 cm³/mol. The fraction of sp³-hybridized carbons (Fsp3) is 0.0714. The highest BCUT2D eigenvalue weighted by molar-refractivity contribution is 7.15. The van der Waals surface area contributed by atoms with E-state index in [-0.39, 0.29) is 10.6 Å². The number of nitro groups is 1. The molecule has 0 unspecified atom stereocenters. The van der Waals surface area contributed by atoms with Gasteiger partial charge in [-0.15, -0.1) is 11.3 Å². The average molecular weight is 324 g/mol. The zero-order valence-corrected chi connectivity index (χ0v) is 12.5. The quantitative estimate of drug-likeness (QED) is 0.478. The van der Waals surface area contributed by atoms with Gasteiger partial charge in [0.15, 0.2) is 0 Å². The Bertz CT molecular complexity index is 706. The molecule has 5 nitrogen and oxygen atoms in total. The molecular weight excluding hydrogens is 314 g/mol. The van der Waals surface area contributed by atoms with E-state index < -0.39 is 10.9 Å². The van der Waals surface area contributed by atoms with Crippen molar-refractivity contribution < 1.29 is 14.5 Å². The van der Waals surface area contributed by atoms with E-state index in [1.54, 1.807) is 36.4 Å². The first-order valence-electron chi connectivity index (χ1n) is 5.81. The topological polar surface area (TPSA) is 69.4 Å². The highest BCUT2D eigenvalue weighted by atomic mass is 35.5. The van der Waals surface area contributed by atoms with Gasteiger partial charge in [0.25, 0.3) is 5.69 Å².